The van der Waals surface area contributed by atoms with E-state index in [1.54, 1.807) is 6.92 Å². The fourth-order valence-electron chi connectivity index (χ4n) is 1.06. The molecule has 0 radical (unpaired) electrons. The highest BCUT2D eigenvalue weighted by molar-refractivity contribution is 9.10. The maximum absolute atomic E-state index is 12.4. The maximum Gasteiger partial charge on any atom is 0.310 e. The predicted molar refractivity (Wildman–Crippen MR) is 54.9 cm³/mol. The lowest BCUT2D eigenvalue weighted by Crippen LogP contribution is -2.06. The Morgan fingerprint density at radius 3 is 2.07 bits per heavy atom. The van der Waals surface area contributed by atoms with Gasteiger partial charge in [0.15, 0.2) is 0 Å². The molecule has 0 saturated carbocycles. The largest absolute Gasteiger partial charge is 0.310 e. The molecule has 15 heavy (non-hydrogen) atoms. The highest BCUT2D eigenvalue weighted by atomic mass is 79.9. The van der Waals surface area contributed by atoms with Crippen molar-refractivity contribution in [3.8, 4) is 0 Å². The van der Waals surface area contributed by atoms with Crippen LogP contribution in [0.4, 0.5) is 19.4 Å². The van der Waals surface area contributed by atoms with Gasteiger partial charge in [-0.1, -0.05) is 42.3 Å². The summed E-state index contributed by atoms with van der Waals surface area (Å²) in [5.41, 5.74) is 0.209. The van der Waals surface area contributed by atoms with E-state index in [0.717, 1.165) is 6.07 Å². The standard InChI is InChI=1S/C8H8BrF5S/c1-2-6-5-7(3-4-8(6)9)15(10,11,12,13)14/h3-5H,2H2,1H3. The fraction of sp³-hybridized carbons (Fsp3) is 0.250. The van der Waals surface area contributed by atoms with Crippen molar-refractivity contribution >= 4 is 26.2 Å². The lowest BCUT2D eigenvalue weighted by molar-refractivity contribution is 0.364. The minimum atomic E-state index is -9.53. The van der Waals surface area contributed by atoms with Gasteiger partial charge in [-0.3, -0.25) is 0 Å². The van der Waals surface area contributed by atoms with Crippen LogP contribution in [-0.4, -0.2) is 0 Å². The first kappa shape index (κ1) is 12.8. The molecule has 0 spiro atoms. The highest BCUT2D eigenvalue weighted by Gasteiger charge is 2.65. The first-order valence-corrected chi connectivity index (χ1v) is 6.71. The molecule has 0 bridgehead atoms. The zero-order valence-corrected chi connectivity index (χ0v) is 10.0. The van der Waals surface area contributed by atoms with E-state index in [2.05, 4.69) is 15.9 Å². The average Bonchev–Trinajstić information content (AvgIpc) is 2.00. The van der Waals surface area contributed by atoms with Crippen molar-refractivity contribution in [2.45, 2.75) is 18.2 Å². The summed E-state index contributed by atoms with van der Waals surface area (Å²) < 4.78 is 62.3. The second kappa shape index (κ2) is 2.88. The molecule has 0 aliphatic carbocycles. The smallest absolute Gasteiger partial charge is 0.0936 e. The van der Waals surface area contributed by atoms with Crippen molar-refractivity contribution in [3.63, 3.8) is 0 Å². The Balaban J connectivity index is 3.44. The zero-order chi connectivity index (χ0) is 12.0. The molecule has 0 amide bonds. The Morgan fingerprint density at radius 2 is 1.67 bits per heavy atom. The van der Waals surface area contributed by atoms with E-state index in [-0.39, 0.29) is 12.0 Å². The van der Waals surface area contributed by atoms with Gasteiger partial charge in [0, 0.05) is 4.47 Å². The van der Waals surface area contributed by atoms with E-state index in [9.17, 15) is 19.4 Å². The minimum absolute atomic E-state index is 0.209. The maximum atomic E-state index is 12.4. The number of benzene rings is 1. The number of aryl methyl sites for hydroxylation is 1. The monoisotopic (exact) mass is 310 g/mol. The molecule has 0 aliphatic heterocycles. The molecular formula is C8H8BrF5S. The Hall–Kier alpha value is -0.300. The van der Waals surface area contributed by atoms with Crippen LogP contribution in [0.5, 0.6) is 0 Å². The molecule has 1 aromatic rings. The summed E-state index contributed by atoms with van der Waals surface area (Å²) in [5, 5.41) is 0. The van der Waals surface area contributed by atoms with E-state index < -0.39 is 15.1 Å². The average molecular weight is 311 g/mol. The van der Waals surface area contributed by atoms with Crippen molar-refractivity contribution in [1.29, 1.82) is 0 Å². The number of hydrogen-bond acceptors (Lipinski definition) is 0. The van der Waals surface area contributed by atoms with Crippen molar-refractivity contribution in [2.24, 2.45) is 0 Å². The van der Waals surface area contributed by atoms with Crippen LogP contribution < -0.4 is 0 Å². The van der Waals surface area contributed by atoms with Crippen LogP contribution in [0.1, 0.15) is 12.5 Å². The van der Waals surface area contributed by atoms with Gasteiger partial charge >= 0.3 is 10.2 Å². The van der Waals surface area contributed by atoms with Gasteiger partial charge in [0.05, 0.1) is 0 Å². The minimum Gasteiger partial charge on any atom is -0.0936 e. The molecule has 1 rings (SSSR count). The van der Waals surface area contributed by atoms with E-state index in [4.69, 9.17) is 0 Å². The molecule has 0 saturated heterocycles. The lowest BCUT2D eigenvalue weighted by Gasteiger charge is -2.40. The van der Waals surface area contributed by atoms with Crippen LogP contribution >= 0.6 is 26.2 Å². The molecule has 1 aromatic carbocycles. The van der Waals surface area contributed by atoms with Crippen LogP contribution in [0.2, 0.25) is 0 Å². The summed E-state index contributed by atoms with van der Waals surface area (Å²) in [6, 6.07) is 1.88. The SMILES string of the molecule is CCc1cc(S(F)(F)(F)(F)F)ccc1Br. The van der Waals surface area contributed by atoms with Gasteiger partial charge in [0.2, 0.25) is 0 Å². The number of hydrogen-bond donors (Lipinski definition) is 0. The van der Waals surface area contributed by atoms with Gasteiger partial charge in [-0.2, -0.15) is 0 Å². The van der Waals surface area contributed by atoms with Gasteiger partial charge in [0.1, 0.15) is 4.90 Å². The third-order valence-electron chi connectivity index (χ3n) is 1.84. The Kier molecular flexibility index (Phi) is 2.45. The summed E-state index contributed by atoms with van der Waals surface area (Å²) in [4.78, 5) is -1.84. The summed E-state index contributed by atoms with van der Waals surface area (Å²) >= 11 is 2.99. The molecule has 7 heteroatoms. The van der Waals surface area contributed by atoms with Gasteiger partial charge in [-0.05, 0) is 30.2 Å². The number of rotatable bonds is 2. The zero-order valence-electron chi connectivity index (χ0n) is 7.62. The molecule has 0 unspecified atom stereocenters. The molecule has 88 valence electrons. The third-order valence-corrected chi connectivity index (χ3v) is 3.76. The van der Waals surface area contributed by atoms with Gasteiger partial charge in [-0.25, -0.2) is 0 Å². The molecule has 0 nitrogen and oxygen atoms in total. The molecule has 0 heterocycles. The van der Waals surface area contributed by atoms with E-state index in [0.29, 0.717) is 16.6 Å². The van der Waals surface area contributed by atoms with Gasteiger partial charge in [0.25, 0.3) is 0 Å². The Bertz CT molecular complexity index is 396. The van der Waals surface area contributed by atoms with Crippen LogP contribution in [0, 0.1) is 0 Å². The Morgan fingerprint density at radius 1 is 1.13 bits per heavy atom. The normalized spacial score (nSPS) is 17.0. The topological polar surface area (TPSA) is 0 Å². The second-order valence-electron chi connectivity index (χ2n) is 3.08. The first-order valence-electron chi connectivity index (χ1n) is 3.96. The van der Waals surface area contributed by atoms with Crippen LogP contribution in [0.25, 0.3) is 0 Å². The van der Waals surface area contributed by atoms with E-state index in [1.807, 2.05) is 0 Å². The van der Waals surface area contributed by atoms with Crippen LogP contribution in [0.3, 0.4) is 0 Å². The third kappa shape index (κ3) is 3.07. The number of halogens is 6. The summed E-state index contributed by atoms with van der Waals surface area (Å²) in [6.45, 7) is 1.59. The highest BCUT2D eigenvalue weighted by Crippen LogP contribution is 3.02. The van der Waals surface area contributed by atoms with Gasteiger partial charge in [-0.15, -0.1) is 0 Å². The van der Waals surface area contributed by atoms with Crippen molar-refractivity contribution in [2.75, 3.05) is 0 Å². The Labute approximate surface area is 92.3 Å². The van der Waals surface area contributed by atoms with E-state index in [1.165, 1.54) is 0 Å². The molecular weight excluding hydrogens is 303 g/mol. The van der Waals surface area contributed by atoms with Crippen molar-refractivity contribution in [3.05, 3.63) is 28.2 Å². The quantitative estimate of drug-likeness (QED) is 0.617. The van der Waals surface area contributed by atoms with Crippen molar-refractivity contribution < 1.29 is 19.4 Å². The van der Waals surface area contributed by atoms with Crippen LogP contribution in [-0.2, 0) is 6.42 Å². The second-order valence-corrected chi connectivity index (χ2v) is 6.34. The van der Waals surface area contributed by atoms with Crippen LogP contribution in [0.15, 0.2) is 27.6 Å². The lowest BCUT2D eigenvalue weighted by atomic mass is 10.2. The van der Waals surface area contributed by atoms with E-state index >= 15 is 0 Å². The molecule has 0 aromatic heterocycles. The molecule has 0 fully saturated rings. The van der Waals surface area contributed by atoms with Crippen molar-refractivity contribution in [1.82, 2.24) is 0 Å². The fourth-order valence-corrected chi connectivity index (χ4v) is 2.28. The first-order chi connectivity index (χ1) is 6.44. The predicted octanol–water partition coefficient (Wildman–Crippen LogP) is 5.67. The summed E-state index contributed by atoms with van der Waals surface area (Å²) in [7, 11) is -9.53. The summed E-state index contributed by atoms with van der Waals surface area (Å²) in [5.74, 6) is 0. The summed E-state index contributed by atoms with van der Waals surface area (Å²) in [6.07, 6.45) is 0.252. The van der Waals surface area contributed by atoms with Gasteiger partial charge < -0.3 is 0 Å². The molecule has 0 atom stereocenters. The molecule has 0 N–H and O–H groups in total. The molecule has 0 aliphatic rings.